The van der Waals surface area contributed by atoms with Gasteiger partial charge in [0.15, 0.2) is 0 Å². The lowest BCUT2D eigenvalue weighted by atomic mass is 10.0. The number of hydrogen-bond acceptors (Lipinski definition) is 4. The van der Waals surface area contributed by atoms with Gasteiger partial charge < -0.3 is 0 Å². The fraction of sp³-hybridized carbons (Fsp3) is 0. The van der Waals surface area contributed by atoms with Crippen molar-refractivity contribution in [2.24, 2.45) is 0 Å². The van der Waals surface area contributed by atoms with Crippen LogP contribution >= 0.6 is 0 Å². The van der Waals surface area contributed by atoms with E-state index >= 15 is 0 Å². The zero-order valence-electron chi connectivity index (χ0n) is 8.25. The van der Waals surface area contributed by atoms with E-state index in [1.807, 2.05) is 12.1 Å². The van der Waals surface area contributed by atoms with Crippen LogP contribution in [0.3, 0.4) is 0 Å². The Hall–Kier alpha value is -2.72. The van der Waals surface area contributed by atoms with Gasteiger partial charge in [0.2, 0.25) is 0 Å². The molecular weight excluding hydrogens is 200 g/mol. The van der Waals surface area contributed by atoms with Crippen molar-refractivity contribution in [3.05, 3.63) is 47.7 Å². The molecule has 74 valence electrons. The fourth-order valence-electron chi connectivity index (χ4n) is 1.36. The maximum absolute atomic E-state index is 8.83. The molecule has 1 heterocycles. The molecular formula is C12H6N4. The van der Waals surface area contributed by atoms with Gasteiger partial charge in [0, 0.05) is 11.8 Å². The smallest absolute Gasteiger partial charge is 0.0992 e. The Morgan fingerprint density at radius 1 is 1.00 bits per heavy atom. The largest absolute Gasteiger partial charge is 0.192 e. The third kappa shape index (κ3) is 1.87. The van der Waals surface area contributed by atoms with Crippen molar-refractivity contribution in [3.63, 3.8) is 0 Å². The van der Waals surface area contributed by atoms with Gasteiger partial charge in [-0.25, -0.2) is 0 Å². The summed E-state index contributed by atoms with van der Waals surface area (Å²) in [6, 6.07) is 12.5. The van der Waals surface area contributed by atoms with Crippen molar-refractivity contribution in [1.29, 1.82) is 10.5 Å². The van der Waals surface area contributed by atoms with Crippen molar-refractivity contribution in [3.8, 4) is 23.4 Å². The lowest BCUT2D eigenvalue weighted by Gasteiger charge is -2.00. The van der Waals surface area contributed by atoms with E-state index in [-0.39, 0.29) is 0 Å². The lowest BCUT2D eigenvalue weighted by molar-refractivity contribution is 1.04. The molecule has 0 bridgehead atoms. The summed E-state index contributed by atoms with van der Waals surface area (Å²) in [4.78, 5) is 0. The minimum absolute atomic E-state index is 0.444. The van der Waals surface area contributed by atoms with Crippen molar-refractivity contribution < 1.29 is 0 Å². The SMILES string of the molecule is N#Cc1cc(C#N)cc(-c2cccnn2)c1. The average molecular weight is 206 g/mol. The Labute approximate surface area is 92.4 Å². The summed E-state index contributed by atoms with van der Waals surface area (Å²) in [5, 5.41) is 25.4. The van der Waals surface area contributed by atoms with Crippen LogP contribution < -0.4 is 0 Å². The third-order valence-electron chi connectivity index (χ3n) is 2.06. The van der Waals surface area contributed by atoms with Gasteiger partial charge in [0.05, 0.1) is 29.0 Å². The lowest BCUT2D eigenvalue weighted by Crippen LogP contribution is -1.88. The zero-order valence-corrected chi connectivity index (χ0v) is 8.25. The second-order valence-corrected chi connectivity index (χ2v) is 3.13. The second kappa shape index (κ2) is 4.20. The second-order valence-electron chi connectivity index (χ2n) is 3.13. The Balaban J connectivity index is 2.59. The first-order chi connectivity index (χ1) is 7.83. The molecule has 0 spiro atoms. The van der Waals surface area contributed by atoms with Gasteiger partial charge in [-0.05, 0) is 30.3 Å². The maximum atomic E-state index is 8.83. The van der Waals surface area contributed by atoms with Gasteiger partial charge >= 0.3 is 0 Å². The Kier molecular flexibility index (Phi) is 2.58. The standard InChI is InChI=1S/C12H6N4/c13-7-9-4-10(8-14)6-11(5-9)12-2-1-3-15-16-12/h1-6H. The zero-order chi connectivity index (χ0) is 11.4. The quantitative estimate of drug-likeness (QED) is 0.714. The third-order valence-corrected chi connectivity index (χ3v) is 2.06. The van der Waals surface area contributed by atoms with Crippen LogP contribution in [-0.4, -0.2) is 10.2 Å². The minimum Gasteiger partial charge on any atom is -0.192 e. The molecule has 0 aliphatic heterocycles. The van der Waals surface area contributed by atoms with Gasteiger partial charge in [-0.2, -0.15) is 20.7 Å². The molecule has 16 heavy (non-hydrogen) atoms. The molecule has 0 aliphatic rings. The van der Waals surface area contributed by atoms with Gasteiger partial charge in [-0.15, -0.1) is 0 Å². The highest BCUT2D eigenvalue weighted by Crippen LogP contribution is 2.19. The van der Waals surface area contributed by atoms with Crippen molar-refractivity contribution >= 4 is 0 Å². The number of aromatic nitrogens is 2. The summed E-state index contributed by atoms with van der Waals surface area (Å²) in [6.45, 7) is 0. The number of nitrogens with zero attached hydrogens (tertiary/aromatic N) is 4. The predicted molar refractivity (Wildman–Crippen MR) is 56.9 cm³/mol. The molecule has 1 aromatic carbocycles. The number of benzene rings is 1. The molecule has 0 N–H and O–H groups in total. The monoisotopic (exact) mass is 206 g/mol. The van der Waals surface area contributed by atoms with Crippen LogP contribution in [0.25, 0.3) is 11.3 Å². The molecule has 0 radical (unpaired) electrons. The van der Waals surface area contributed by atoms with E-state index in [1.165, 1.54) is 0 Å². The summed E-state index contributed by atoms with van der Waals surface area (Å²) < 4.78 is 0. The molecule has 0 amide bonds. The molecule has 0 fully saturated rings. The van der Waals surface area contributed by atoms with Crippen molar-refractivity contribution in [1.82, 2.24) is 10.2 Å². The van der Waals surface area contributed by atoms with Crippen LogP contribution in [0.2, 0.25) is 0 Å². The van der Waals surface area contributed by atoms with Crippen LogP contribution in [-0.2, 0) is 0 Å². The van der Waals surface area contributed by atoms with E-state index in [1.54, 1.807) is 36.5 Å². The van der Waals surface area contributed by atoms with Crippen LogP contribution in [0.4, 0.5) is 0 Å². The summed E-state index contributed by atoms with van der Waals surface area (Å²) in [5.41, 5.74) is 2.26. The first kappa shape index (κ1) is 9.82. The highest BCUT2D eigenvalue weighted by molar-refractivity contribution is 5.63. The fourth-order valence-corrected chi connectivity index (χ4v) is 1.36. The van der Waals surface area contributed by atoms with Crippen LogP contribution in [0.1, 0.15) is 11.1 Å². The van der Waals surface area contributed by atoms with E-state index in [0.717, 1.165) is 5.56 Å². The van der Waals surface area contributed by atoms with Gasteiger partial charge in [0.25, 0.3) is 0 Å². The van der Waals surface area contributed by atoms with E-state index in [0.29, 0.717) is 16.8 Å². The molecule has 0 unspecified atom stereocenters. The van der Waals surface area contributed by atoms with E-state index in [2.05, 4.69) is 10.2 Å². The van der Waals surface area contributed by atoms with Crippen molar-refractivity contribution in [2.45, 2.75) is 0 Å². The molecule has 1 aromatic heterocycles. The first-order valence-electron chi connectivity index (χ1n) is 4.57. The topological polar surface area (TPSA) is 73.4 Å². The highest BCUT2D eigenvalue weighted by Gasteiger charge is 2.03. The minimum atomic E-state index is 0.444. The van der Waals surface area contributed by atoms with E-state index in [9.17, 15) is 0 Å². The molecule has 0 saturated heterocycles. The summed E-state index contributed by atoms with van der Waals surface area (Å²) in [5.74, 6) is 0. The van der Waals surface area contributed by atoms with Gasteiger partial charge in [0.1, 0.15) is 0 Å². The number of hydrogen-bond donors (Lipinski definition) is 0. The van der Waals surface area contributed by atoms with Crippen LogP contribution in [0, 0.1) is 22.7 Å². The molecule has 0 aliphatic carbocycles. The molecule has 4 nitrogen and oxygen atoms in total. The molecule has 2 aromatic rings. The van der Waals surface area contributed by atoms with Crippen LogP contribution in [0.5, 0.6) is 0 Å². The first-order valence-corrected chi connectivity index (χ1v) is 4.57. The molecule has 0 atom stereocenters. The van der Waals surface area contributed by atoms with Crippen LogP contribution in [0.15, 0.2) is 36.5 Å². The van der Waals surface area contributed by atoms with Gasteiger partial charge in [-0.1, -0.05) is 0 Å². The van der Waals surface area contributed by atoms with Gasteiger partial charge in [-0.3, -0.25) is 0 Å². The summed E-state index contributed by atoms with van der Waals surface area (Å²) in [6.07, 6.45) is 1.57. The number of rotatable bonds is 1. The Morgan fingerprint density at radius 2 is 1.69 bits per heavy atom. The van der Waals surface area contributed by atoms with E-state index in [4.69, 9.17) is 10.5 Å². The number of nitriles is 2. The van der Waals surface area contributed by atoms with Crippen molar-refractivity contribution in [2.75, 3.05) is 0 Å². The molecule has 0 saturated carbocycles. The Bertz CT molecular complexity index is 558. The highest BCUT2D eigenvalue weighted by atomic mass is 15.1. The average Bonchev–Trinajstić information content (AvgIpc) is 2.39. The normalized spacial score (nSPS) is 9.12. The molecule has 2 rings (SSSR count). The maximum Gasteiger partial charge on any atom is 0.0992 e. The Morgan fingerprint density at radius 3 is 2.19 bits per heavy atom. The predicted octanol–water partition coefficient (Wildman–Crippen LogP) is 1.89. The molecule has 4 heteroatoms. The summed E-state index contributed by atoms with van der Waals surface area (Å²) in [7, 11) is 0. The summed E-state index contributed by atoms with van der Waals surface area (Å²) >= 11 is 0. The van der Waals surface area contributed by atoms with E-state index < -0.39 is 0 Å².